The summed E-state index contributed by atoms with van der Waals surface area (Å²) < 4.78 is 10.5. The number of anilines is 1. The van der Waals surface area contributed by atoms with Crippen molar-refractivity contribution < 1.29 is 18.4 Å². The van der Waals surface area contributed by atoms with E-state index in [1.54, 1.807) is 36.0 Å². The predicted octanol–water partition coefficient (Wildman–Crippen LogP) is 5.35. The molecule has 0 aliphatic rings. The van der Waals surface area contributed by atoms with E-state index in [1.165, 1.54) is 12.5 Å². The smallest absolute Gasteiger partial charge is 0.291 e. The lowest BCUT2D eigenvalue weighted by Crippen LogP contribution is -2.23. The second-order valence-electron chi connectivity index (χ2n) is 6.69. The first-order chi connectivity index (χ1) is 15.2. The van der Waals surface area contributed by atoms with Crippen molar-refractivity contribution in [2.24, 2.45) is 0 Å². The number of furan rings is 2. The summed E-state index contributed by atoms with van der Waals surface area (Å²) in [5.41, 5.74) is 2.39. The minimum absolute atomic E-state index is 0.246. The number of rotatable bonds is 8. The lowest BCUT2D eigenvalue weighted by atomic mass is 10.2. The molecule has 0 spiro atoms. The van der Waals surface area contributed by atoms with E-state index in [4.69, 9.17) is 8.83 Å². The van der Waals surface area contributed by atoms with Crippen LogP contribution < -0.4 is 10.6 Å². The zero-order chi connectivity index (χ0) is 21.5. The number of benzene rings is 2. The maximum Gasteiger partial charge on any atom is 0.291 e. The van der Waals surface area contributed by atoms with Gasteiger partial charge in [-0.05, 0) is 48.0 Å². The molecule has 0 saturated carbocycles. The molecule has 4 rings (SSSR count). The average Bonchev–Trinajstić information content (AvgIpc) is 3.50. The largest absolute Gasteiger partial charge is 0.459 e. The van der Waals surface area contributed by atoms with Gasteiger partial charge in [0.1, 0.15) is 0 Å². The van der Waals surface area contributed by atoms with Gasteiger partial charge in [-0.15, -0.1) is 11.8 Å². The van der Waals surface area contributed by atoms with E-state index >= 15 is 0 Å². The molecule has 7 heteroatoms. The van der Waals surface area contributed by atoms with Crippen molar-refractivity contribution in [1.29, 1.82) is 0 Å². The van der Waals surface area contributed by atoms with Crippen LogP contribution in [0.3, 0.4) is 0 Å². The van der Waals surface area contributed by atoms with Crippen molar-refractivity contribution in [2.75, 3.05) is 5.32 Å². The number of amides is 2. The number of thioether (sulfide) groups is 1. The van der Waals surface area contributed by atoms with E-state index in [0.717, 1.165) is 16.0 Å². The molecule has 2 aromatic carbocycles. The lowest BCUT2D eigenvalue weighted by Gasteiger charge is -2.07. The van der Waals surface area contributed by atoms with Gasteiger partial charge >= 0.3 is 0 Å². The minimum atomic E-state index is -0.315. The Balaban J connectivity index is 1.30. The maximum atomic E-state index is 12.6. The molecule has 0 fully saturated rings. The van der Waals surface area contributed by atoms with E-state index in [0.29, 0.717) is 23.7 Å². The Labute approximate surface area is 183 Å². The van der Waals surface area contributed by atoms with Crippen molar-refractivity contribution in [3.05, 3.63) is 108 Å². The first-order valence-electron chi connectivity index (χ1n) is 9.65. The highest BCUT2D eigenvalue weighted by atomic mass is 32.2. The van der Waals surface area contributed by atoms with Gasteiger partial charge in [0, 0.05) is 28.4 Å². The summed E-state index contributed by atoms with van der Waals surface area (Å²) in [5, 5.41) is 5.63. The molecule has 2 heterocycles. The monoisotopic (exact) mass is 432 g/mol. The third kappa shape index (κ3) is 5.46. The lowest BCUT2D eigenvalue weighted by molar-refractivity contribution is 0.0921. The third-order valence-electron chi connectivity index (χ3n) is 4.50. The number of hydrogen-bond acceptors (Lipinski definition) is 5. The summed E-state index contributed by atoms with van der Waals surface area (Å²) in [7, 11) is 0. The van der Waals surface area contributed by atoms with Crippen LogP contribution in [0.5, 0.6) is 0 Å². The van der Waals surface area contributed by atoms with Gasteiger partial charge in [0.05, 0.1) is 12.5 Å². The Morgan fingerprint density at radius 3 is 2.35 bits per heavy atom. The highest BCUT2D eigenvalue weighted by Gasteiger charge is 2.15. The van der Waals surface area contributed by atoms with Gasteiger partial charge in [-0.2, -0.15) is 0 Å². The Morgan fingerprint density at radius 1 is 0.806 bits per heavy atom. The van der Waals surface area contributed by atoms with Crippen molar-refractivity contribution >= 4 is 29.3 Å². The zero-order valence-corrected chi connectivity index (χ0v) is 17.4. The molecule has 2 aromatic heterocycles. The fraction of sp³-hybridized carbons (Fsp3) is 0.0833. The molecule has 156 valence electrons. The fourth-order valence-electron chi connectivity index (χ4n) is 2.90. The fourth-order valence-corrected chi connectivity index (χ4v) is 3.79. The Kier molecular flexibility index (Phi) is 6.54. The number of hydrogen-bond donors (Lipinski definition) is 2. The van der Waals surface area contributed by atoms with Gasteiger partial charge in [0.2, 0.25) is 0 Å². The summed E-state index contributed by atoms with van der Waals surface area (Å²) >= 11 is 1.65. The molecule has 0 saturated heterocycles. The molecule has 4 aromatic rings. The van der Waals surface area contributed by atoms with Gasteiger partial charge in [-0.25, -0.2) is 0 Å². The van der Waals surface area contributed by atoms with E-state index in [-0.39, 0.29) is 17.6 Å². The molecule has 31 heavy (non-hydrogen) atoms. The van der Waals surface area contributed by atoms with E-state index < -0.39 is 0 Å². The van der Waals surface area contributed by atoms with Crippen molar-refractivity contribution in [1.82, 2.24) is 5.32 Å². The first-order valence-corrected chi connectivity index (χ1v) is 10.6. The van der Waals surface area contributed by atoms with Gasteiger partial charge in [0.15, 0.2) is 11.5 Å². The molecule has 0 unspecified atom stereocenters. The van der Waals surface area contributed by atoms with Crippen LogP contribution in [0.15, 0.2) is 99.1 Å². The molecule has 0 atom stereocenters. The molecule has 2 amide bonds. The molecule has 0 radical (unpaired) electrons. The van der Waals surface area contributed by atoms with Crippen LogP contribution in [0, 0.1) is 0 Å². The molecular weight excluding hydrogens is 412 g/mol. The molecular formula is C24H20N2O4S. The predicted molar refractivity (Wildman–Crippen MR) is 119 cm³/mol. The summed E-state index contributed by atoms with van der Waals surface area (Å²) in [6.45, 7) is 0.344. The highest BCUT2D eigenvalue weighted by molar-refractivity contribution is 7.98. The van der Waals surface area contributed by atoms with Gasteiger partial charge in [-0.1, -0.05) is 30.3 Å². The standard InChI is InChI=1S/C24H20N2O4S/c27-23(21-7-4-13-29-21)26-19-10-8-17(9-11-19)15-25-24(28)22-18(12-14-30-22)16-31-20-5-2-1-3-6-20/h1-14H,15-16H2,(H,25,28)(H,26,27). The number of nitrogens with one attached hydrogen (secondary N) is 2. The van der Waals surface area contributed by atoms with Crippen LogP contribution in [-0.4, -0.2) is 11.8 Å². The molecule has 6 nitrogen and oxygen atoms in total. The topological polar surface area (TPSA) is 84.5 Å². The molecule has 0 aliphatic heterocycles. The van der Waals surface area contributed by atoms with Crippen LogP contribution in [0.1, 0.15) is 32.2 Å². The van der Waals surface area contributed by atoms with Gasteiger partial charge in [0.25, 0.3) is 11.8 Å². The normalized spacial score (nSPS) is 10.6. The van der Waals surface area contributed by atoms with Crippen molar-refractivity contribution in [2.45, 2.75) is 17.2 Å². The van der Waals surface area contributed by atoms with Crippen LogP contribution in [-0.2, 0) is 12.3 Å². The number of carbonyl (C=O) groups is 2. The SMILES string of the molecule is O=C(Nc1ccc(CNC(=O)c2occc2CSc2ccccc2)cc1)c1ccco1. The second kappa shape index (κ2) is 9.86. The summed E-state index contributed by atoms with van der Waals surface area (Å²) in [6.07, 6.45) is 2.98. The highest BCUT2D eigenvalue weighted by Crippen LogP contribution is 2.25. The Bertz CT molecular complexity index is 1140. The Hall–Kier alpha value is -3.71. The zero-order valence-electron chi connectivity index (χ0n) is 16.5. The molecule has 0 aliphatic carbocycles. The summed E-state index contributed by atoms with van der Waals surface area (Å²) in [5.74, 6) is 0.642. The van der Waals surface area contributed by atoms with Crippen molar-refractivity contribution in [3.8, 4) is 0 Å². The average molecular weight is 433 g/mol. The second-order valence-corrected chi connectivity index (χ2v) is 7.74. The van der Waals surface area contributed by atoms with Gasteiger partial charge in [-0.3, -0.25) is 9.59 Å². The van der Waals surface area contributed by atoms with Gasteiger partial charge < -0.3 is 19.5 Å². The van der Waals surface area contributed by atoms with E-state index in [1.807, 2.05) is 48.5 Å². The molecule has 0 bridgehead atoms. The van der Waals surface area contributed by atoms with E-state index in [2.05, 4.69) is 10.6 Å². The van der Waals surface area contributed by atoms with Crippen LogP contribution in [0.2, 0.25) is 0 Å². The quantitative estimate of drug-likeness (QED) is 0.367. The maximum absolute atomic E-state index is 12.6. The molecule has 2 N–H and O–H groups in total. The Morgan fingerprint density at radius 2 is 1.61 bits per heavy atom. The number of carbonyl (C=O) groups excluding carboxylic acids is 2. The third-order valence-corrected chi connectivity index (χ3v) is 5.56. The van der Waals surface area contributed by atoms with Crippen LogP contribution in [0.4, 0.5) is 5.69 Å². The summed E-state index contributed by atoms with van der Waals surface area (Å²) in [6, 6.07) is 22.3. The van der Waals surface area contributed by atoms with Crippen molar-refractivity contribution in [3.63, 3.8) is 0 Å². The minimum Gasteiger partial charge on any atom is -0.459 e. The first kappa shape index (κ1) is 20.6. The van der Waals surface area contributed by atoms with Crippen LogP contribution in [0.25, 0.3) is 0 Å². The van der Waals surface area contributed by atoms with Crippen LogP contribution >= 0.6 is 11.8 Å². The van der Waals surface area contributed by atoms with E-state index in [9.17, 15) is 9.59 Å². The summed E-state index contributed by atoms with van der Waals surface area (Å²) in [4.78, 5) is 25.7.